The Morgan fingerprint density at radius 3 is 2.67 bits per heavy atom. The molecule has 1 aromatic heterocycles. The maximum Gasteiger partial charge on any atom is 0.295 e. The summed E-state index contributed by atoms with van der Waals surface area (Å²) < 4.78 is 32.2. The van der Waals surface area contributed by atoms with Crippen molar-refractivity contribution in [3.8, 4) is 0 Å². The summed E-state index contributed by atoms with van der Waals surface area (Å²) in [5.41, 5.74) is 0.321. The first-order chi connectivity index (χ1) is 10.0. The smallest absolute Gasteiger partial charge is 0.295 e. The van der Waals surface area contributed by atoms with Crippen molar-refractivity contribution in [3.63, 3.8) is 0 Å². The number of halogens is 1. The first-order valence-corrected chi connectivity index (χ1v) is 8.46. The van der Waals surface area contributed by atoms with Gasteiger partial charge in [0.1, 0.15) is 5.76 Å². The summed E-state index contributed by atoms with van der Waals surface area (Å²) in [7, 11) is -3.77. The minimum Gasteiger partial charge on any atom is -0.446 e. The van der Waals surface area contributed by atoms with Crippen LogP contribution in [0.25, 0.3) is 0 Å². The molecule has 21 heavy (non-hydrogen) atoms. The quantitative estimate of drug-likeness (QED) is 0.765. The summed E-state index contributed by atoms with van der Waals surface area (Å²) in [6.07, 6.45) is 1.000. The summed E-state index contributed by atoms with van der Waals surface area (Å²) in [6, 6.07) is 9.70. The van der Waals surface area contributed by atoms with Crippen molar-refractivity contribution in [2.75, 3.05) is 11.3 Å². The van der Waals surface area contributed by atoms with Crippen molar-refractivity contribution < 1.29 is 12.8 Å². The fourth-order valence-corrected chi connectivity index (χ4v) is 3.00. The Bertz CT molecular complexity index is 698. The molecule has 0 amide bonds. The van der Waals surface area contributed by atoms with Crippen LogP contribution in [0.5, 0.6) is 0 Å². The largest absolute Gasteiger partial charge is 0.446 e. The van der Waals surface area contributed by atoms with Gasteiger partial charge >= 0.3 is 0 Å². The van der Waals surface area contributed by atoms with Crippen LogP contribution in [0, 0.1) is 0 Å². The van der Waals surface area contributed by atoms with E-state index in [0.29, 0.717) is 23.0 Å². The topological polar surface area (TPSA) is 71.3 Å². The molecule has 0 aliphatic heterocycles. The van der Waals surface area contributed by atoms with Gasteiger partial charge in [-0.3, -0.25) is 4.72 Å². The molecule has 1 aromatic carbocycles. The highest BCUT2D eigenvalue weighted by Crippen LogP contribution is 2.24. The Morgan fingerprint density at radius 1 is 1.19 bits per heavy atom. The third-order valence-corrected chi connectivity index (χ3v) is 4.31. The van der Waals surface area contributed by atoms with Crippen molar-refractivity contribution in [2.24, 2.45) is 0 Å². The monoisotopic (exact) mass is 328 g/mol. The summed E-state index contributed by atoms with van der Waals surface area (Å²) in [5, 5.41) is 3.35. The Balaban J connectivity index is 2.11. The Hall–Kier alpha value is -1.50. The maximum atomic E-state index is 12.2. The molecule has 0 fully saturated rings. The Labute approximate surface area is 129 Å². The molecule has 2 aromatic rings. The lowest BCUT2D eigenvalue weighted by molar-refractivity contribution is 0.403. The number of hydrogen-bond acceptors (Lipinski definition) is 4. The summed E-state index contributed by atoms with van der Waals surface area (Å²) in [6.45, 7) is 3.40. The molecule has 0 saturated heterocycles. The zero-order valence-electron chi connectivity index (χ0n) is 11.6. The minimum atomic E-state index is -3.77. The highest BCUT2D eigenvalue weighted by Gasteiger charge is 2.19. The van der Waals surface area contributed by atoms with Gasteiger partial charge in [-0.1, -0.05) is 30.7 Å². The van der Waals surface area contributed by atoms with Crippen LogP contribution in [0.2, 0.25) is 5.02 Å². The van der Waals surface area contributed by atoms with Crippen LogP contribution >= 0.6 is 11.6 Å². The van der Waals surface area contributed by atoms with E-state index < -0.39 is 10.0 Å². The van der Waals surface area contributed by atoms with Crippen molar-refractivity contribution >= 4 is 27.3 Å². The molecule has 0 saturated carbocycles. The van der Waals surface area contributed by atoms with Crippen LogP contribution in [0.1, 0.15) is 19.1 Å². The lowest BCUT2D eigenvalue weighted by Crippen LogP contribution is -2.14. The highest BCUT2D eigenvalue weighted by atomic mass is 35.5. The second-order valence-electron chi connectivity index (χ2n) is 4.48. The molecule has 0 radical (unpaired) electrons. The van der Waals surface area contributed by atoms with Gasteiger partial charge in [-0.25, -0.2) is 0 Å². The van der Waals surface area contributed by atoms with Crippen LogP contribution in [0.15, 0.2) is 45.9 Å². The molecular formula is C14H17ClN2O3S. The highest BCUT2D eigenvalue weighted by molar-refractivity contribution is 7.92. The molecule has 0 atom stereocenters. The molecule has 0 bridgehead atoms. The van der Waals surface area contributed by atoms with Crippen LogP contribution < -0.4 is 10.0 Å². The number of anilines is 1. The first kappa shape index (κ1) is 15.9. The van der Waals surface area contributed by atoms with Crippen molar-refractivity contribution in [3.05, 3.63) is 47.2 Å². The zero-order chi connectivity index (χ0) is 15.3. The van der Waals surface area contributed by atoms with E-state index in [2.05, 4.69) is 17.0 Å². The average Bonchev–Trinajstić information content (AvgIpc) is 2.91. The molecule has 0 unspecified atom stereocenters. The third kappa shape index (κ3) is 4.23. The molecule has 0 aliphatic carbocycles. The zero-order valence-corrected chi connectivity index (χ0v) is 13.2. The van der Waals surface area contributed by atoms with Crippen molar-refractivity contribution in [1.29, 1.82) is 0 Å². The van der Waals surface area contributed by atoms with E-state index in [-0.39, 0.29) is 5.09 Å². The van der Waals surface area contributed by atoms with Gasteiger partial charge in [0.25, 0.3) is 10.0 Å². The molecule has 2 N–H and O–H groups in total. The summed E-state index contributed by atoms with van der Waals surface area (Å²) >= 11 is 5.94. The second kappa shape index (κ2) is 6.98. The molecule has 0 spiro atoms. The third-order valence-electron chi connectivity index (χ3n) is 2.75. The molecule has 0 aliphatic rings. The molecule has 5 nitrogen and oxygen atoms in total. The number of rotatable bonds is 7. The number of hydrogen-bond donors (Lipinski definition) is 2. The number of nitrogens with one attached hydrogen (secondary N) is 2. The van der Waals surface area contributed by atoms with Gasteiger partial charge < -0.3 is 9.73 Å². The van der Waals surface area contributed by atoms with Crippen LogP contribution in [-0.2, 0) is 16.6 Å². The van der Waals surface area contributed by atoms with E-state index in [4.69, 9.17) is 16.0 Å². The van der Waals surface area contributed by atoms with Gasteiger partial charge in [-0.15, -0.1) is 0 Å². The van der Waals surface area contributed by atoms with E-state index in [0.717, 1.165) is 13.0 Å². The number of furan rings is 1. The predicted molar refractivity (Wildman–Crippen MR) is 83.0 cm³/mol. The van der Waals surface area contributed by atoms with Gasteiger partial charge in [0, 0.05) is 0 Å². The van der Waals surface area contributed by atoms with Crippen LogP contribution in [-0.4, -0.2) is 15.0 Å². The predicted octanol–water partition coefficient (Wildman–Crippen LogP) is 3.23. The lowest BCUT2D eigenvalue weighted by Gasteiger charge is -2.07. The normalized spacial score (nSPS) is 11.5. The minimum absolute atomic E-state index is 0.129. The second-order valence-corrected chi connectivity index (χ2v) is 6.50. The van der Waals surface area contributed by atoms with Gasteiger partial charge in [-0.2, -0.15) is 8.42 Å². The van der Waals surface area contributed by atoms with Gasteiger partial charge in [0.15, 0.2) is 0 Å². The first-order valence-electron chi connectivity index (χ1n) is 6.59. The van der Waals surface area contributed by atoms with E-state index in [1.807, 2.05) is 0 Å². The van der Waals surface area contributed by atoms with Gasteiger partial charge in [0.05, 0.1) is 17.3 Å². The van der Waals surface area contributed by atoms with Crippen LogP contribution in [0.4, 0.5) is 5.69 Å². The SMILES string of the molecule is CCCNCc1ccc(S(=O)(=O)Nc2ccccc2Cl)o1. The number of para-hydroxylation sites is 1. The fraction of sp³-hybridized carbons (Fsp3) is 0.286. The van der Waals surface area contributed by atoms with Gasteiger partial charge in [0.2, 0.25) is 5.09 Å². The van der Waals surface area contributed by atoms with E-state index >= 15 is 0 Å². The van der Waals surface area contributed by atoms with E-state index in [9.17, 15) is 8.42 Å². The summed E-state index contributed by atoms with van der Waals surface area (Å²) in [4.78, 5) is 0. The molecule has 114 valence electrons. The molecule has 1 heterocycles. The van der Waals surface area contributed by atoms with E-state index in [1.54, 1.807) is 30.3 Å². The average molecular weight is 329 g/mol. The van der Waals surface area contributed by atoms with Crippen molar-refractivity contribution in [2.45, 2.75) is 25.0 Å². The van der Waals surface area contributed by atoms with Crippen LogP contribution in [0.3, 0.4) is 0 Å². The summed E-state index contributed by atoms with van der Waals surface area (Å²) in [5.74, 6) is 0.572. The Morgan fingerprint density at radius 2 is 1.95 bits per heavy atom. The number of benzene rings is 1. The standard InChI is InChI=1S/C14H17ClN2O3S/c1-2-9-16-10-11-7-8-14(20-11)21(18,19)17-13-6-4-3-5-12(13)15/h3-8,16-17H,2,9-10H2,1H3. The fourth-order valence-electron chi connectivity index (χ4n) is 1.73. The number of sulfonamides is 1. The molecular weight excluding hydrogens is 312 g/mol. The maximum absolute atomic E-state index is 12.2. The Kier molecular flexibility index (Phi) is 5.27. The van der Waals surface area contributed by atoms with Gasteiger partial charge in [-0.05, 0) is 37.2 Å². The molecule has 7 heteroatoms. The van der Waals surface area contributed by atoms with E-state index in [1.165, 1.54) is 6.07 Å². The molecule has 2 rings (SSSR count). The lowest BCUT2D eigenvalue weighted by atomic mass is 10.3. The van der Waals surface area contributed by atoms with Crippen molar-refractivity contribution in [1.82, 2.24) is 5.32 Å².